The molecule has 20 heavy (non-hydrogen) atoms. The first-order chi connectivity index (χ1) is 9.32. The summed E-state index contributed by atoms with van der Waals surface area (Å²) in [7, 11) is 0. The number of carbonyl (C=O) groups is 1. The summed E-state index contributed by atoms with van der Waals surface area (Å²) in [5, 5.41) is 0. The Balaban J connectivity index is 2.66. The number of Topliss-reactive ketones (excluding diaryl/α,β-unsaturated/α-hetero) is 1. The molecule has 2 aromatic rings. The van der Waals surface area contributed by atoms with Gasteiger partial charge in [-0.3, -0.25) is 14.2 Å². The van der Waals surface area contributed by atoms with Gasteiger partial charge in [0.05, 0.1) is 11.6 Å². The molecule has 2 heterocycles. The molecule has 1 unspecified atom stereocenters. The summed E-state index contributed by atoms with van der Waals surface area (Å²) in [6.07, 6.45) is 1.16. The predicted octanol–water partition coefficient (Wildman–Crippen LogP) is 1.56. The van der Waals surface area contributed by atoms with Crippen molar-refractivity contribution in [2.75, 3.05) is 0 Å². The van der Waals surface area contributed by atoms with E-state index in [9.17, 15) is 14.4 Å². The number of hydrogen-bond acceptors (Lipinski definition) is 4. The van der Waals surface area contributed by atoms with E-state index in [1.165, 1.54) is 6.92 Å². The molecule has 0 spiro atoms. The van der Waals surface area contributed by atoms with Crippen LogP contribution < -0.4 is 11.2 Å². The molecule has 1 atom stereocenters. The fourth-order valence-corrected chi connectivity index (χ4v) is 2.30. The van der Waals surface area contributed by atoms with E-state index >= 15 is 0 Å². The second kappa shape index (κ2) is 4.96. The first kappa shape index (κ1) is 14.0. The van der Waals surface area contributed by atoms with Gasteiger partial charge in [-0.05, 0) is 33.8 Å². The maximum Gasteiger partial charge on any atom is 0.328 e. The second-order valence-corrected chi connectivity index (χ2v) is 4.78. The summed E-state index contributed by atoms with van der Waals surface area (Å²) in [5.74, 6) is 0.971. The molecule has 0 amide bonds. The van der Waals surface area contributed by atoms with Crippen LogP contribution in [0.5, 0.6) is 0 Å². The summed E-state index contributed by atoms with van der Waals surface area (Å²) >= 11 is 0. The standard InChI is InChI=1S/C14H16N2O4/c1-7-5-11(10(4)20-7)8(2)16-13(18)12(9(3)17)6-15-14(16)19/h5-6,8H,1-4H3,(H,15,19). The van der Waals surface area contributed by atoms with Crippen molar-refractivity contribution in [3.05, 3.63) is 55.7 Å². The first-order valence-electron chi connectivity index (χ1n) is 6.25. The highest BCUT2D eigenvalue weighted by molar-refractivity contribution is 5.93. The minimum absolute atomic E-state index is 0.0330. The van der Waals surface area contributed by atoms with E-state index in [4.69, 9.17) is 4.42 Å². The summed E-state index contributed by atoms with van der Waals surface area (Å²) in [4.78, 5) is 38.0. The van der Waals surface area contributed by atoms with Gasteiger partial charge in [0.2, 0.25) is 0 Å². The third kappa shape index (κ3) is 2.24. The molecule has 0 aliphatic heterocycles. The van der Waals surface area contributed by atoms with Gasteiger partial charge in [0, 0.05) is 11.8 Å². The molecule has 0 saturated heterocycles. The molecule has 1 N–H and O–H groups in total. The molecule has 0 aromatic carbocycles. The molecule has 0 radical (unpaired) electrons. The lowest BCUT2D eigenvalue weighted by Crippen LogP contribution is -2.39. The zero-order valence-corrected chi connectivity index (χ0v) is 11.8. The fraction of sp³-hybridized carbons (Fsp3) is 0.357. The van der Waals surface area contributed by atoms with Crippen molar-refractivity contribution in [1.82, 2.24) is 9.55 Å². The summed E-state index contributed by atoms with van der Waals surface area (Å²) in [5.41, 5.74) is -0.428. The number of nitrogens with zero attached hydrogens (tertiary/aromatic N) is 1. The predicted molar refractivity (Wildman–Crippen MR) is 73.3 cm³/mol. The van der Waals surface area contributed by atoms with Crippen LogP contribution in [0.25, 0.3) is 0 Å². The number of rotatable bonds is 3. The number of nitrogens with one attached hydrogen (secondary N) is 1. The number of furan rings is 1. The number of hydrogen-bond donors (Lipinski definition) is 1. The average Bonchev–Trinajstić information content (AvgIpc) is 2.67. The summed E-state index contributed by atoms with van der Waals surface area (Å²) in [6, 6.07) is 1.27. The second-order valence-electron chi connectivity index (χ2n) is 4.78. The van der Waals surface area contributed by atoms with E-state index in [0.717, 1.165) is 16.3 Å². The van der Waals surface area contributed by atoms with Crippen molar-refractivity contribution in [1.29, 1.82) is 0 Å². The molecule has 0 fully saturated rings. The van der Waals surface area contributed by atoms with Gasteiger partial charge in [0.25, 0.3) is 5.56 Å². The SMILES string of the molecule is CC(=O)c1c[nH]c(=O)n(C(C)c2cc(C)oc2C)c1=O. The molecule has 2 aromatic heterocycles. The fourth-order valence-electron chi connectivity index (χ4n) is 2.30. The molecule has 6 heteroatoms. The van der Waals surface area contributed by atoms with Gasteiger partial charge < -0.3 is 9.40 Å². The van der Waals surface area contributed by atoms with E-state index in [1.807, 2.05) is 0 Å². The van der Waals surface area contributed by atoms with E-state index < -0.39 is 17.3 Å². The number of aromatic amines is 1. The van der Waals surface area contributed by atoms with Gasteiger partial charge in [-0.2, -0.15) is 0 Å². The zero-order chi connectivity index (χ0) is 15.0. The number of aryl methyl sites for hydroxylation is 2. The monoisotopic (exact) mass is 276 g/mol. The molecule has 2 rings (SSSR count). The van der Waals surface area contributed by atoms with E-state index in [-0.39, 0.29) is 11.3 Å². The molecular formula is C14H16N2O4. The Morgan fingerprint density at radius 2 is 2.00 bits per heavy atom. The van der Waals surface area contributed by atoms with Crippen LogP contribution in [0.1, 0.15) is 47.3 Å². The van der Waals surface area contributed by atoms with Gasteiger partial charge in [-0.15, -0.1) is 0 Å². The Hall–Kier alpha value is -2.37. The Morgan fingerprint density at radius 1 is 1.35 bits per heavy atom. The van der Waals surface area contributed by atoms with Crippen LogP contribution in [0.4, 0.5) is 0 Å². The number of H-pyrrole nitrogens is 1. The van der Waals surface area contributed by atoms with Gasteiger partial charge in [-0.1, -0.05) is 0 Å². The molecular weight excluding hydrogens is 260 g/mol. The highest BCUT2D eigenvalue weighted by atomic mass is 16.3. The average molecular weight is 276 g/mol. The number of ketones is 1. The largest absolute Gasteiger partial charge is 0.466 e. The van der Waals surface area contributed by atoms with Crippen LogP contribution in [0, 0.1) is 13.8 Å². The van der Waals surface area contributed by atoms with E-state index in [0.29, 0.717) is 11.5 Å². The van der Waals surface area contributed by atoms with Gasteiger partial charge in [0.1, 0.15) is 11.5 Å². The molecule has 0 aliphatic rings. The topological polar surface area (TPSA) is 85.1 Å². The van der Waals surface area contributed by atoms with Crippen LogP contribution in [-0.4, -0.2) is 15.3 Å². The van der Waals surface area contributed by atoms with E-state index in [1.54, 1.807) is 26.8 Å². The Labute approximate surface area is 115 Å². The molecule has 0 saturated carbocycles. The Bertz CT molecular complexity index is 779. The zero-order valence-electron chi connectivity index (χ0n) is 11.8. The molecule has 0 aliphatic carbocycles. The molecule has 106 valence electrons. The van der Waals surface area contributed by atoms with Gasteiger partial charge in [-0.25, -0.2) is 4.79 Å². The molecule has 6 nitrogen and oxygen atoms in total. The smallest absolute Gasteiger partial charge is 0.328 e. The van der Waals surface area contributed by atoms with Crippen molar-refractivity contribution < 1.29 is 9.21 Å². The van der Waals surface area contributed by atoms with Crippen molar-refractivity contribution in [2.24, 2.45) is 0 Å². The van der Waals surface area contributed by atoms with Crippen molar-refractivity contribution in [2.45, 2.75) is 33.7 Å². The maximum atomic E-state index is 12.3. The van der Waals surface area contributed by atoms with Crippen molar-refractivity contribution in [3.8, 4) is 0 Å². The first-order valence-corrected chi connectivity index (χ1v) is 6.25. The lowest BCUT2D eigenvalue weighted by atomic mass is 10.1. The maximum absolute atomic E-state index is 12.3. The number of aromatic nitrogens is 2. The van der Waals surface area contributed by atoms with Crippen LogP contribution in [0.15, 0.2) is 26.3 Å². The van der Waals surface area contributed by atoms with Crippen LogP contribution >= 0.6 is 0 Å². The van der Waals surface area contributed by atoms with Crippen molar-refractivity contribution in [3.63, 3.8) is 0 Å². The quantitative estimate of drug-likeness (QED) is 0.862. The Morgan fingerprint density at radius 3 is 2.50 bits per heavy atom. The lowest BCUT2D eigenvalue weighted by molar-refractivity contribution is 0.101. The van der Waals surface area contributed by atoms with Crippen molar-refractivity contribution >= 4 is 5.78 Å². The Kier molecular flexibility index (Phi) is 3.48. The van der Waals surface area contributed by atoms with Crippen LogP contribution in [0.3, 0.4) is 0 Å². The van der Waals surface area contributed by atoms with Crippen LogP contribution in [-0.2, 0) is 0 Å². The third-order valence-corrected chi connectivity index (χ3v) is 3.30. The minimum Gasteiger partial charge on any atom is -0.466 e. The summed E-state index contributed by atoms with van der Waals surface area (Å²) in [6.45, 7) is 6.57. The van der Waals surface area contributed by atoms with Gasteiger partial charge >= 0.3 is 5.69 Å². The highest BCUT2D eigenvalue weighted by Crippen LogP contribution is 2.22. The highest BCUT2D eigenvalue weighted by Gasteiger charge is 2.20. The third-order valence-electron chi connectivity index (χ3n) is 3.30. The van der Waals surface area contributed by atoms with Gasteiger partial charge in [0.15, 0.2) is 5.78 Å². The minimum atomic E-state index is -0.591. The molecule has 0 bridgehead atoms. The van der Waals surface area contributed by atoms with Crippen LogP contribution in [0.2, 0.25) is 0 Å². The lowest BCUT2D eigenvalue weighted by Gasteiger charge is -2.13. The summed E-state index contributed by atoms with van der Waals surface area (Å²) < 4.78 is 6.46. The van der Waals surface area contributed by atoms with E-state index in [2.05, 4.69) is 4.98 Å². The number of carbonyl (C=O) groups excluding carboxylic acids is 1. The normalized spacial score (nSPS) is 12.4.